The summed E-state index contributed by atoms with van der Waals surface area (Å²) in [7, 11) is 1.49. The largest absolute Gasteiger partial charge is 0.497 e. The fourth-order valence-electron chi connectivity index (χ4n) is 2.61. The Kier molecular flexibility index (Phi) is 3.83. The zero-order chi connectivity index (χ0) is 18.1. The number of benzene rings is 2. The fraction of sp³-hybridized carbons (Fsp3) is 0.0588. The maximum absolute atomic E-state index is 12.7. The zero-order valence-corrected chi connectivity index (χ0v) is 13.1. The third-order valence-corrected chi connectivity index (χ3v) is 3.85. The molecule has 2 N–H and O–H groups in total. The third kappa shape index (κ3) is 2.53. The van der Waals surface area contributed by atoms with Gasteiger partial charge in [-0.15, -0.1) is 0 Å². The summed E-state index contributed by atoms with van der Waals surface area (Å²) >= 11 is 0. The molecule has 8 nitrogen and oxygen atoms in total. The highest BCUT2D eigenvalue weighted by Crippen LogP contribution is 2.28. The van der Waals surface area contributed by atoms with Gasteiger partial charge in [-0.3, -0.25) is 19.5 Å². The Labute approximate surface area is 141 Å². The van der Waals surface area contributed by atoms with Crippen molar-refractivity contribution in [2.45, 2.75) is 0 Å². The first-order valence-corrected chi connectivity index (χ1v) is 7.15. The number of pyridine rings is 1. The number of rotatable bonds is 3. The van der Waals surface area contributed by atoms with Crippen LogP contribution in [-0.4, -0.2) is 16.6 Å². The molecule has 0 radical (unpaired) electrons. The van der Waals surface area contributed by atoms with E-state index >= 15 is 0 Å². The Morgan fingerprint density at radius 3 is 2.48 bits per heavy atom. The minimum Gasteiger partial charge on any atom is -0.497 e. The van der Waals surface area contributed by atoms with Crippen LogP contribution in [0.3, 0.4) is 0 Å². The highest BCUT2D eigenvalue weighted by Gasteiger charge is 2.17. The molecule has 124 valence electrons. The molecule has 0 aliphatic heterocycles. The molecule has 0 saturated heterocycles. The van der Waals surface area contributed by atoms with E-state index in [2.05, 4.69) is 0 Å². The smallest absolute Gasteiger partial charge is 0.275 e. The number of anilines is 1. The van der Waals surface area contributed by atoms with Crippen molar-refractivity contribution < 1.29 is 9.66 Å². The van der Waals surface area contributed by atoms with E-state index in [9.17, 15) is 20.2 Å². The van der Waals surface area contributed by atoms with Crippen molar-refractivity contribution in [3.63, 3.8) is 0 Å². The molecule has 0 spiro atoms. The van der Waals surface area contributed by atoms with E-state index in [1.54, 1.807) is 18.2 Å². The van der Waals surface area contributed by atoms with Crippen molar-refractivity contribution in [1.82, 2.24) is 4.57 Å². The van der Waals surface area contributed by atoms with E-state index in [0.717, 1.165) is 0 Å². The van der Waals surface area contributed by atoms with Gasteiger partial charge in [-0.05, 0) is 24.3 Å². The number of nitrogen functional groups attached to an aromatic ring is 1. The second-order valence-corrected chi connectivity index (χ2v) is 5.20. The Morgan fingerprint density at radius 2 is 1.92 bits per heavy atom. The molecule has 3 aromatic rings. The lowest BCUT2D eigenvalue weighted by atomic mass is 10.1. The number of hydrogen-bond acceptors (Lipinski definition) is 6. The maximum Gasteiger partial charge on any atom is 0.275 e. The number of ether oxygens (including phenoxy) is 1. The van der Waals surface area contributed by atoms with Gasteiger partial charge in [0, 0.05) is 29.3 Å². The van der Waals surface area contributed by atoms with Crippen LogP contribution >= 0.6 is 0 Å². The van der Waals surface area contributed by atoms with Gasteiger partial charge in [0.05, 0.1) is 23.2 Å². The Bertz CT molecular complexity index is 1090. The fourth-order valence-corrected chi connectivity index (χ4v) is 2.61. The van der Waals surface area contributed by atoms with Gasteiger partial charge in [0.2, 0.25) is 0 Å². The van der Waals surface area contributed by atoms with Crippen LogP contribution in [0.25, 0.3) is 16.6 Å². The summed E-state index contributed by atoms with van der Waals surface area (Å²) in [5.41, 5.74) is 5.98. The van der Waals surface area contributed by atoms with Crippen molar-refractivity contribution in [2.75, 3.05) is 12.8 Å². The second kappa shape index (κ2) is 5.98. The molecule has 25 heavy (non-hydrogen) atoms. The number of nitrogens with two attached hydrogens (primary N) is 1. The van der Waals surface area contributed by atoms with Crippen LogP contribution in [0.5, 0.6) is 5.75 Å². The van der Waals surface area contributed by atoms with E-state index in [4.69, 9.17) is 10.5 Å². The summed E-state index contributed by atoms with van der Waals surface area (Å²) in [5, 5.41) is 20.6. The van der Waals surface area contributed by atoms with E-state index < -0.39 is 10.5 Å². The minimum atomic E-state index is -0.602. The second-order valence-electron chi connectivity index (χ2n) is 5.20. The summed E-state index contributed by atoms with van der Waals surface area (Å²) in [4.78, 5) is 23.0. The summed E-state index contributed by atoms with van der Waals surface area (Å²) in [6.07, 6.45) is 0. The summed E-state index contributed by atoms with van der Waals surface area (Å²) < 4.78 is 6.48. The van der Waals surface area contributed by atoms with E-state index in [0.29, 0.717) is 22.3 Å². The summed E-state index contributed by atoms with van der Waals surface area (Å²) in [6, 6.07) is 12.2. The monoisotopic (exact) mass is 336 g/mol. The lowest BCUT2D eigenvalue weighted by Crippen LogP contribution is -2.23. The van der Waals surface area contributed by atoms with E-state index in [1.165, 1.54) is 35.9 Å². The summed E-state index contributed by atoms with van der Waals surface area (Å²) in [5.74, 6) is 0.506. The van der Waals surface area contributed by atoms with Gasteiger partial charge in [0.15, 0.2) is 0 Å². The molecule has 0 amide bonds. The molecule has 0 unspecified atom stereocenters. The SMILES string of the molecule is COc1ccc2c(N)c(C#N)c(=O)n(-c3ccc([N+](=O)[O-])cc3)c2c1. The van der Waals surface area contributed by atoms with Crippen LogP contribution in [0.2, 0.25) is 0 Å². The Hall–Kier alpha value is -3.86. The lowest BCUT2D eigenvalue weighted by Gasteiger charge is -2.14. The van der Waals surface area contributed by atoms with E-state index in [1.807, 2.05) is 6.07 Å². The molecule has 8 heteroatoms. The normalized spacial score (nSPS) is 10.4. The summed E-state index contributed by atoms with van der Waals surface area (Å²) in [6.45, 7) is 0. The quantitative estimate of drug-likeness (QED) is 0.578. The average molecular weight is 336 g/mol. The maximum atomic E-state index is 12.7. The highest BCUT2D eigenvalue weighted by atomic mass is 16.6. The Balaban J connectivity index is 2.41. The van der Waals surface area contributed by atoms with Crippen LogP contribution in [-0.2, 0) is 0 Å². The standard InChI is InChI=1S/C17H12N4O4/c1-25-12-6-7-13-15(8-12)20(17(22)14(9-18)16(13)19)10-2-4-11(5-3-10)21(23)24/h2-8H,19H2,1H3. The predicted octanol–water partition coefficient (Wildman–Crippen LogP) is 2.36. The molecule has 0 atom stereocenters. The van der Waals surface area contributed by atoms with Gasteiger partial charge in [-0.25, -0.2) is 0 Å². The van der Waals surface area contributed by atoms with Gasteiger partial charge in [0.1, 0.15) is 17.4 Å². The molecule has 0 fully saturated rings. The number of non-ortho nitro benzene ring substituents is 1. The van der Waals surface area contributed by atoms with Gasteiger partial charge < -0.3 is 10.5 Å². The molecule has 1 heterocycles. The van der Waals surface area contributed by atoms with Crippen molar-refractivity contribution in [3.05, 3.63) is 68.5 Å². The van der Waals surface area contributed by atoms with Crippen molar-refractivity contribution in [3.8, 4) is 17.5 Å². The molecule has 2 aromatic carbocycles. The first kappa shape index (κ1) is 16.0. The molecule has 3 rings (SSSR count). The molecular weight excluding hydrogens is 324 g/mol. The van der Waals surface area contributed by atoms with Gasteiger partial charge in [0.25, 0.3) is 11.2 Å². The first-order chi connectivity index (χ1) is 12.0. The first-order valence-electron chi connectivity index (χ1n) is 7.15. The molecule has 0 bridgehead atoms. The number of hydrogen-bond donors (Lipinski definition) is 1. The van der Waals surface area contributed by atoms with Crippen molar-refractivity contribution in [1.29, 1.82) is 5.26 Å². The molecule has 1 aromatic heterocycles. The van der Waals surface area contributed by atoms with Crippen LogP contribution in [0.1, 0.15) is 5.56 Å². The molecule has 0 saturated carbocycles. The molecule has 0 aliphatic carbocycles. The average Bonchev–Trinajstić information content (AvgIpc) is 2.62. The molecular formula is C17H12N4O4. The number of nitrogens with zero attached hydrogens (tertiary/aromatic N) is 3. The minimum absolute atomic E-state index is 0.0864. The van der Waals surface area contributed by atoms with Crippen molar-refractivity contribution in [2.24, 2.45) is 0 Å². The third-order valence-electron chi connectivity index (χ3n) is 3.85. The van der Waals surface area contributed by atoms with Crippen LogP contribution in [0.15, 0.2) is 47.3 Å². The highest BCUT2D eigenvalue weighted by molar-refractivity contribution is 5.94. The number of aromatic nitrogens is 1. The topological polar surface area (TPSA) is 124 Å². The zero-order valence-electron chi connectivity index (χ0n) is 13.1. The van der Waals surface area contributed by atoms with Crippen LogP contribution in [0.4, 0.5) is 11.4 Å². The van der Waals surface area contributed by atoms with Crippen molar-refractivity contribution >= 4 is 22.3 Å². The number of nitro benzene ring substituents is 1. The van der Waals surface area contributed by atoms with Crippen LogP contribution in [0, 0.1) is 21.4 Å². The van der Waals surface area contributed by atoms with E-state index in [-0.39, 0.29) is 16.9 Å². The number of nitro groups is 1. The predicted molar refractivity (Wildman–Crippen MR) is 91.9 cm³/mol. The number of nitriles is 1. The van der Waals surface area contributed by atoms with Gasteiger partial charge in [-0.2, -0.15) is 5.26 Å². The van der Waals surface area contributed by atoms with Gasteiger partial charge in [-0.1, -0.05) is 0 Å². The number of fused-ring (bicyclic) bond motifs is 1. The Morgan fingerprint density at radius 1 is 1.24 bits per heavy atom. The molecule has 0 aliphatic rings. The lowest BCUT2D eigenvalue weighted by molar-refractivity contribution is -0.384. The van der Waals surface area contributed by atoms with Gasteiger partial charge >= 0.3 is 0 Å². The van der Waals surface area contributed by atoms with Crippen LogP contribution < -0.4 is 16.0 Å². The number of methoxy groups -OCH3 is 1.